The second-order valence-corrected chi connectivity index (χ2v) is 7.70. The molecule has 1 aromatic heterocycles. The predicted molar refractivity (Wildman–Crippen MR) is 90.1 cm³/mol. The molecule has 0 saturated carbocycles. The van der Waals surface area contributed by atoms with E-state index >= 15 is 0 Å². The predicted octanol–water partition coefficient (Wildman–Crippen LogP) is 0.735. The Bertz CT molecular complexity index is 927. The van der Waals surface area contributed by atoms with E-state index in [1.54, 1.807) is 13.8 Å². The van der Waals surface area contributed by atoms with Gasteiger partial charge >= 0.3 is 5.69 Å². The fourth-order valence-electron chi connectivity index (χ4n) is 2.39. The van der Waals surface area contributed by atoms with E-state index in [-0.39, 0.29) is 23.1 Å². The third-order valence-corrected chi connectivity index (χ3v) is 4.54. The first-order valence-electron chi connectivity index (χ1n) is 7.48. The van der Waals surface area contributed by atoms with Gasteiger partial charge in [-0.2, -0.15) is 0 Å². The highest BCUT2D eigenvalue weighted by Gasteiger charge is 2.26. The van der Waals surface area contributed by atoms with E-state index < -0.39 is 21.1 Å². The molecule has 0 bridgehead atoms. The normalized spacial score (nSPS) is 11.7. The summed E-state index contributed by atoms with van der Waals surface area (Å²) < 4.78 is 24.9. The van der Waals surface area contributed by atoms with Crippen LogP contribution in [-0.2, 0) is 16.3 Å². The largest absolute Gasteiger partial charge is 0.408 e. The molecular formula is C16H20N2O5S. The fraction of sp³-hybridized carbons (Fsp3) is 0.375. The smallest absolute Gasteiger partial charge is 0.362 e. The molecule has 2 rings (SSSR count). The van der Waals surface area contributed by atoms with Crippen LogP contribution in [0, 0.1) is 0 Å². The summed E-state index contributed by atoms with van der Waals surface area (Å²) in [6.45, 7) is 3.45. The van der Waals surface area contributed by atoms with Gasteiger partial charge in [-0.25, -0.2) is 13.2 Å². The Morgan fingerprint density at radius 3 is 2.33 bits per heavy atom. The van der Waals surface area contributed by atoms with E-state index in [0.29, 0.717) is 11.2 Å². The van der Waals surface area contributed by atoms with Crippen LogP contribution >= 0.6 is 0 Å². The minimum absolute atomic E-state index is 0.0109. The number of aromatic amines is 1. The van der Waals surface area contributed by atoms with Crippen molar-refractivity contribution < 1.29 is 13.3 Å². The van der Waals surface area contributed by atoms with Crippen molar-refractivity contribution in [1.82, 2.24) is 9.71 Å². The van der Waals surface area contributed by atoms with Crippen molar-refractivity contribution >= 4 is 9.84 Å². The topological polar surface area (TPSA) is 98.2 Å². The number of sulfone groups is 1. The molecule has 2 aromatic rings. The third kappa shape index (κ3) is 3.94. The zero-order chi connectivity index (χ0) is 17.9. The summed E-state index contributed by atoms with van der Waals surface area (Å²) in [4.78, 5) is 31.6. The number of aromatic nitrogens is 2. The van der Waals surface area contributed by atoms with Crippen molar-refractivity contribution in [2.75, 3.05) is 12.9 Å². The second-order valence-electron chi connectivity index (χ2n) is 5.77. The summed E-state index contributed by atoms with van der Waals surface area (Å²) in [5, 5.41) is -0.390. The van der Waals surface area contributed by atoms with Crippen LogP contribution in [0.15, 0.2) is 44.9 Å². The number of benzene rings is 1. The van der Waals surface area contributed by atoms with Crippen molar-refractivity contribution in [2.45, 2.75) is 31.2 Å². The lowest BCUT2D eigenvalue weighted by Crippen LogP contribution is -2.40. The Kier molecular flexibility index (Phi) is 5.28. The zero-order valence-electron chi connectivity index (χ0n) is 13.8. The van der Waals surface area contributed by atoms with Crippen LogP contribution in [0.4, 0.5) is 0 Å². The summed E-state index contributed by atoms with van der Waals surface area (Å²) in [7, 11) is -3.83. The lowest BCUT2D eigenvalue weighted by atomic mass is 10.1. The Balaban J connectivity index is 2.44. The third-order valence-electron chi connectivity index (χ3n) is 3.45. The number of hydrogen-bond donors (Lipinski definition) is 1. The maximum Gasteiger partial charge on any atom is 0.362 e. The number of H-pyrrole nitrogens is 1. The van der Waals surface area contributed by atoms with E-state index in [2.05, 4.69) is 4.98 Å². The molecule has 7 nitrogen and oxygen atoms in total. The maximum atomic E-state index is 12.1. The van der Waals surface area contributed by atoms with Gasteiger partial charge < -0.3 is 4.84 Å². The highest BCUT2D eigenvalue weighted by molar-refractivity contribution is 7.90. The molecule has 0 aliphatic rings. The van der Waals surface area contributed by atoms with Crippen LogP contribution in [0.2, 0.25) is 0 Å². The van der Waals surface area contributed by atoms with Crippen LogP contribution in [-0.4, -0.2) is 31.0 Å². The van der Waals surface area contributed by atoms with Crippen LogP contribution in [0.5, 0.6) is 0 Å². The number of rotatable bonds is 6. The molecule has 130 valence electrons. The molecule has 1 N–H and O–H groups in total. The van der Waals surface area contributed by atoms with Crippen LogP contribution in [0.1, 0.15) is 30.9 Å². The Morgan fingerprint density at radius 2 is 1.79 bits per heavy atom. The number of hydrogen-bond acceptors (Lipinski definition) is 5. The Morgan fingerprint density at radius 1 is 1.17 bits per heavy atom. The summed E-state index contributed by atoms with van der Waals surface area (Å²) in [5.74, 6) is -0.386. The summed E-state index contributed by atoms with van der Waals surface area (Å²) in [6.07, 6.45) is 1.44. The maximum absolute atomic E-state index is 12.1. The minimum atomic E-state index is -3.83. The molecule has 0 atom stereocenters. The summed E-state index contributed by atoms with van der Waals surface area (Å²) >= 11 is 0. The van der Waals surface area contributed by atoms with Gasteiger partial charge in [-0.1, -0.05) is 44.2 Å². The quantitative estimate of drug-likeness (QED) is 0.773. The molecule has 0 radical (unpaired) electrons. The van der Waals surface area contributed by atoms with E-state index in [1.807, 2.05) is 30.3 Å². The Hall–Kier alpha value is -2.35. The van der Waals surface area contributed by atoms with Crippen molar-refractivity contribution in [1.29, 1.82) is 0 Å². The minimum Gasteiger partial charge on any atom is -0.408 e. The monoisotopic (exact) mass is 352 g/mol. The van der Waals surface area contributed by atoms with Crippen molar-refractivity contribution in [2.24, 2.45) is 0 Å². The van der Waals surface area contributed by atoms with Gasteiger partial charge in [-0.05, 0) is 11.5 Å². The lowest BCUT2D eigenvalue weighted by molar-refractivity contribution is 0.0791. The molecule has 0 aliphatic carbocycles. The first kappa shape index (κ1) is 18.0. The van der Waals surface area contributed by atoms with Gasteiger partial charge in [0.15, 0.2) is 14.9 Å². The van der Waals surface area contributed by atoms with Gasteiger partial charge in [0, 0.05) is 12.7 Å². The average molecular weight is 352 g/mol. The van der Waals surface area contributed by atoms with Gasteiger partial charge in [-0.3, -0.25) is 9.78 Å². The molecule has 0 spiro atoms. The van der Waals surface area contributed by atoms with Gasteiger partial charge in [-0.15, -0.1) is 4.73 Å². The first-order chi connectivity index (χ1) is 11.2. The molecule has 0 saturated heterocycles. The highest BCUT2D eigenvalue weighted by Crippen LogP contribution is 2.18. The first-order valence-corrected chi connectivity index (χ1v) is 9.37. The molecule has 1 heterocycles. The second kappa shape index (κ2) is 7.04. The fourth-order valence-corrected chi connectivity index (χ4v) is 3.55. The lowest BCUT2D eigenvalue weighted by Gasteiger charge is -2.16. The van der Waals surface area contributed by atoms with Gasteiger partial charge in [0.05, 0.1) is 5.56 Å². The summed E-state index contributed by atoms with van der Waals surface area (Å²) in [6, 6.07) is 9.43. The molecule has 8 heteroatoms. The molecule has 1 aromatic carbocycles. The van der Waals surface area contributed by atoms with E-state index in [9.17, 15) is 18.0 Å². The highest BCUT2D eigenvalue weighted by atomic mass is 32.2. The SMILES string of the molecule is CC(C)c1c(S(C)(=O)=O)n(OCCc2ccccc2)c(=O)[nH]c1=O. The number of nitrogens with zero attached hydrogens (tertiary/aromatic N) is 1. The van der Waals surface area contributed by atoms with Crippen LogP contribution in [0.3, 0.4) is 0 Å². The molecular weight excluding hydrogens is 332 g/mol. The van der Waals surface area contributed by atoms with Crippen LogP contribution < -0.4 is 16.1 Å². The average Bonchev–Trinajstić information content (AvgIpc) is 2.48. The molecule has 24 heavy (non-hydrogen) atoms. The van der Waals surface area contributed by atoms with Crippen LogP contribution in [0.25, 0.3) is 0 Å². The van der Waals surface area contributed by atoms with Gasteiger partial charge in [0.1, 0.15) is 6.61 Å². The van der Waals surface area contributed by atoms with Crippen molar-refractivity contribution in [3.63, 3.8) is 0 Å². The van der Waals surface area contributed by atoms with E-state index in [4.69, 9.17) is 4.84 Å². The molecule has 0 fully saturated rings. The van der Waals surface area contributed by atoms with E-state index in [1.165, 1.54) is 0 Å². The van der Waals surface area contributed by atoms with E-state index in [0.717, 1.165) is 11.8 Å². The zero-order valence-corrected chi connectivity index (χ0v) is 14.6. The molecule has 0 amide bonds. The molecule has 0 aliphatic heterocycles. The van der Waals surface area contributed by atoms with Crippen molar-refractivity contribution in [3.8, 4) is 0 Å². The standard InChI is InChI=1S/C16H20N2O5S/c1-11(2)13-14(19)17-16(20)18(15(13)24(3,21)22)23-10-9-12-7-5-4-6-8-12/h4-8,11H,9-10H2,1-3H3,(H,17,19,20). The number of nitrogens with one attached hydrogen (secondary N) is 1. The summed E-state index contributed by atoms with van der Waals surface area (Å²) in [5.41, 5.74) is -0.618. The Labute approximate surface area is 139 Å². The van der Waals surface area contributed by atoms with Gasteiger partial charge in [0.2, 0.25) is 0 Å². The molecule has 0 unspecified atom stereocenters. The van der Waals surface area contributed by atoms with Crippen molar-refractivity contribution in [3.05, 3.63) is 62.3 Å². The van der Waals surface area contributed by atoms with Gasteiger partial charge in [0.25, 0.3) is 5.56 Å².